The summed E-state index contributed by atoms with van der Waals surface area (Å²) < 4.78 is 5.22. The van der Waals surface area contributed by atoms with Crippen molar-refractivity contribution < 1.29 is 20.1 Å². The van der Waals surface area contributed by atoms with Gasteiger partial charge < -0.3 is 20.1 Å². The molecular formula is C10H20O4S2. The lowest BCUT2D eigenvalue weighted by Gasteiger charge is -2.27. The molecule has 1 aliphatic heterocycles. The number of aliphatic hydroxyl groups is 3. The van der Waals surface area contributed by atoms with Gasteiger partial charge in [-0.3, -0.25) is 0 Å². The highest BCUT2D eigenvalue weighted by atomic mass is 32.2. The van der Waals surface area contributed by atoms with Gasteiger partial charge in [-0.1, -0.05) is 13.8 Å². The predicted octanol–water partition coefficient (Wildman–Crippen LogP) is 0.300. The molecule has 4 atom stereocenters. The predicted molar refractivity (Wildman–Crippen MR) is 67.8 cm³/mol. The topological polar surface area (TPSA) is 69.9 Å². The third kappa shape index (κ3) is 3.51. The van der Waals surface area contributed by atoms with Gasteiger partial charge >= 0.3 is 0 Å². The average molecular weight is 268 g/mol. The number of aliphatic hydroxyl groups excluding tert-OH is 3. The molecule has 0 radical (unpaired) electrons. The van der Waals surface area contributed by atoms with Crippen molar-refractivity contribution in [3.05, 3.63) is 0 Å². The Hall–Kier alpha value is 0.540. The van der Waals surface area contributed by atoms with Crippen LogP contribution in [0.4, 0.5) is 0 Å². The molecule has 0 aromatic rings. The van der Waals surface area contributed by atoms with Crippen LogP contribution in [-0.2, 0) is 4.74 Å². The van der Waals surface area contributed by atoms with Gasteiger partial charge in [0.1, 0.15) is 24.4 Å². The second-order valence-electron chi connectivity index (χ2n) is 3.63. The highest BCUT2D eigenvalue weighted by Gasteiger charge is 2.42. The van der Waals surface area contributed by atoms with E-state index < -0.39 is 24.4 Å². The normalized spacial score (nSPS) is 32.2. The summed E-state index contributed by atoms with van der Waals surface area (Å²) >= 11 is 3.28. The number of hydrogen-bond acceptors (Lipinski definition) is 6. The van der Waals surface area contributed by atoms with Crippen LogP contribution in [0.1, 0.15) is 13.8 Å². The van der Waals surface area contributed by atoms with Crippen LogP contribution in [0.25, 0.3) is 0 Å². The molecule has 0 spiro atoms. The molecule has 0 bridgehead atoms. The number of ether oxygens (including phenoxy) is 1. The van der Waals surface area contributed by atoms with Crippen molar-refractivity contribution in [3.8, 4) is 0 Å². The minimum absolute atomic E-state index is 0.0139. The van der Waals surface area contributed by atoms with Gasteiger partial charge in [0.25, 0.3) is 0 Å². The summed E-state index contributed by atoms with van der Waals surface area (Å²) in [5.74, 6) is 1.81. The molecule has 0 aromatic carbocycles. The van der Waals surface area contributed by atoms with E-state index in [0.29, 0.717) is 0 Å². The number of thioether (sulfide) groups is 2. The Bertz CT molecular complexity index is 199. The number of rotatable bonds is 6. The lowest BCUT2D eigenvalue weighted by atomic mass is 10.1. The summed E-state index contributed by atoms with van der Waals surface area (Å²) in [5, 5.41) is 29.1. The van der Waals surface area contributed by atoms with E-state index in [-0.39, 0.29) is 11.2 Å². The van der Waals surface area contributed by atoms with Crippen molar-refractivity contribution in [3.63, 3.8) is 0 Å². The van der Waals surface area contributed by atoms with E-state index in [9.17, 15) is 15.3 Å². The number of hydrogen-bond donors (Lipinski definition) is 3. The molecule has 6 heteroatoms. The van der Waals surface area contributed by atoms with Gasteiger partial charge in [-0.15, -0.1) is 23.5 Å². The van der Waals surface area contributed by atoms with Crippen LogP contribution in [-0.4, -0.2) is 62.4 Å². The van der Waals surface area contributed by atoms with Gasteiger partial charge in [0.05, 0.1) is 11.2 Å². The van der Waals surface area contributed by atoms with E-state index in [0.717, 1.165) is 11.5 Å². The first-order valence-electron chi connectivity index (χ1n) is 5.50. The second-order valence-corrected chi connectivity index (χ2v) is 6.76. The standard InChI is InChI=1S/C10H20O4S2/c1-3-15-10(16-4-2)8(13)9-7(12)6(11)5-14-9/h6-13H,3-5H2,1-2H3. The fourth-order valence-corrected chi connectivity index (χ4v) is 4.22. The molecule has 16 heavy (non-hydrogen) atoms. The van der Waals surface area contributed by atoms with Gasteiger partial charge in [-0.25, -0.2) is 0 Å². The monoisotopic (exact) mass is 268 g/mol. The van der Waals surface area contributed by atoms with Crippen molar-refractivity contribution in [2.75, 3.05) is 18.1 Å². The molecular weight excluding hydrogens is 248 g/mol. The maximum atomic E-state index is 10.1. The van der Waals surface area contributed by atoms with Crippen molar-refractivity contribution in [1.82, 2.24) is 0 Å². The Morgan fingerprint density at radius 1 is 1.25 bits per heavy atom. The first-order valence-corrected chi connectivity index (χ1v) is 7.60. The van der Waals surface area contributed by atoms with E-state index in [1.54, 1.807) is 23.5 Å². The summed E-state index contributed by atoms with van der Waals surface area (Å²) in [6.07, 6.45) is -3.27. The van der Waals surface area contributed by atoms with E-state index in [4.69, 9.17) is 4.74 Å². The van der Waals surface area contributed by atoms with Crippen molar-refractivity contribution in [2.24, 2.45) is 0 Å². The van der Waals surface area contributed by atoms with Crippen LogP contribution in [0.3, 0.4) is 0 Å². The average Bonchev–Trinajstić information content (AvgIpc) is 2.59. The smallest absolute Gasteiger partial charge is 0.114 e. The van der Waals surface area contributed by atoms with Crippen LogP contribution >= 0.6 is 23.5 Å². The summed E-state index contributed by atoms with van der Waals surface area (Å²) in [5.41, 5.74) is 0. The Kier molecular flexibility index (Phi) is 6.46. The molecule has 96 valence electrons. The zero-order valence-corrected chi connectivity index (χ0v) is 11.2. The highest BCUT2D eigenvalue weighted by Crippen LogP contribution is 2.31. The summed E-state index contributed by atoms with van der Waals surface area (Å²) in [4.78, 5) is 0. The minimum atomic E-state index is -0.979. The molecule has 0 aliphatic carbocycles. The molecule has 0 saturated carbocycles. The summed E-state index contributed by atoms with van der Waals surface area (Å²) in [7, 11) is 0. The van der Waals surface area contributed by atoms with E-state index in [1.807, 2.05) is 13.8 Å². The first-order chi connectivity index (χ1) is 7.61. The summed E-state index contributed by atoms with van der Waals surface area (Å²) in [6.45, 7) is 4.16. The van der Waals surface area contributed by atoms with Crippen molar-refractivity contribution in [1.29, 1.82) is 0 Å². The van der Waals surface area contributed by atoms with Gasteiger partial charge in [0, 0.05) is 0 Å². The maximum Gasteiger partial charge on any atom is 0.114 e. The van der Waals surface area contributed by atoms with Crippen LogP contribution in [0.5, 0.6) is 0 Å². The molecule has 3 N–H and O–H groups in total. The van der Waals surface area contributed by atoms with Crippen LogP contribution < -0.4 is 0 Å². The van der Waals surface area contributed by atoms with Gasteiger partial charge in [-0.05, 0) is 11.5 Å². The Morgan fingerprint density at radius 3 is 2.19 bits per heavy atom. The molecule has 4 unspecified atom stereocenters. The van der Waals surface area contributed by atoms with Gasteiger partial charge in [0.2, 0.25) is 0 Å². The zero-order chi connectivity index (χ0) is 12.1. The molecule has 0 aromatic heterocycles. The SMILES string of the molecule is CCSC(SCC)C(O)C1OCC(O)C1O. The Labute approximate surface area is 105 Å². The van der Waals surface area contributed by atoms with Gasteiger partial charge in [0.15, 0.2) is 0 Å². The van der Waals surface area contributed by atoms with E-state index in [2.05, 4.69) is 0 Å². The molecule has 0 amide bonds. The molecule has 1 heterocycles. The third-order valence-corrected chi connectivity index (χ3v) is 5.17. The van der Waals surface area contributed by atoms with E-state index >= 15 is 0 Å². The van der Waals surface area contributed by atoms with Crippen molar-refractivity contribution in [2.45, 2.75) is 42.8 Å². The molecule has 4 nitrogen and oxygen atoms in total. The Balaban J connectivity index is 2.55. The van der Waals surface area contributed by atoms with Crippen LogP contribution in [0, 0.1) is 0 Å². The second kappa shape index (κ2) is 7.08. The van der Waals surface area contributed by atoms with Crippen LogP contribution in [0.15, 0.2) is 0 Å². The molecule has 1 rings (SSSR count). The Morgan fingerprint density at radius 2 is 1.81 bits per heavy atom. The largest absolute Gasteiger partial charge is 0.388 e. The maximum absolute atomic E-state index is 10.1. The third-order valence-electron chi connectivity index (χ3n) is 2.47. The summed E-state index contributed by atoms with van der Waals surface area (Å²) in [6, 6.07) is 0. The lowest BCUT2D eigenvalue weighted by Crippen LogP contribution is -2.43. The van der Waals surface area contributed by atoms with Crippen molar-refractivity contribution >= 4 is 23.5 Å². The molecule has 1 aliphatic rings. The quantitative estimate of drug-likeness (QED) is 0.602. The lowest BCUT2D eigenvalue weighted by molar-refractivity contribution is -0.0438. The first kappa shape index (κ1) is 14.6. The molecule has 1 fully saturated rings. The van der Waals surface area contributed by atoms with Crippen LogP contribution in [0.2, 0.25) is 0 Å². The zero-order valence-electron chi connectivity index (χ0n) is 9.57. The highest BCUT2D eigenvalue weighted by molar-refractivity contribution is 8.17. The fourth-order valence-electron chi connectivity index (χ4n) is 1.66. The molecule has 1 saturated heterocycles. The van der Waals surface area contributed by atoms with E-state index in [1.165, 1.54) is 0 Å². The van der Waals surface area contributed by atoms with Gasteiger partial charge in [-0.2, -0.15) is 0 Å². The minimum Gasteiger partial charge on any atom is -0.388 e. The fraction of sp³-hybridized carbons (Fsp3) is 1.00.